The van der Waals surface area contributed by atoms with Gasteiger partial charge in [0.25, 0.3) is 11.8 Å². The molecular formula is C19H15Cl2NO3. The first kappa shape index (κ1) is 17.5. The summed E-state index contributed by atoms with van der Waals surface area (Å²) in [5.41, 5.74) is 1.92. The van der Waals surface area contributed by atoms with Crippen LogP contribution < -0.4 is 9.64 Å². The number of nitrogens with zero attached hydrogens (tertiary/aromatic N) is 1. The molecule has 0 spiro atoms. The van der Waals surface area contributed by atoms with Gasteiger partial charge in [-0.1, -0.05) is 41.4 Å². The van der Waals surface area contributed by atoms with Gasteiger partial charge < -0.3 is 4.74 Å². The summed E-state index contributed by atoms with van der Waals surface area (Å²) in [6, 6.07) is 11.9. The fourth-order valence-electron chi connectivity index (χ4n) is 2.68. The van der Waals surface area contributed by atoms with E-state index in [2.05, 4.69) is 0 Å². The Morgan fingerprint density at radius 3 is 2.32 bits per heavy atom. The maximum absolute atomic E-state index is 12.9. The number of aryl methyl sites for hydroxylation is 1. The molecule has 0 saturated heterocycles. The van der Waals surface area contributed by atoms with Crippen LogP contribution in [-0.2, 0) is 9.59 Å². The van der Waals surface area contributed by atoms with Gasteiger partial charge in [-0.15, -0.1) is 0 Å². The van der Waals surface area contributed by atoms with Crippen molar-refractivity contribution >= 4 is 46.3 Å². The van der Waals surface area contributed by atoms with Crippen LogP contribution in [0.1, 0.15) is 18.1 Å². The number of hydrogen-bond acceptors (Lipinski definition) is 3. The highest BCUT2D eigenvalue weighted by molar-refractivity contribution is 6.60. The Hall–Kier alpha value is -2.30. The molecule has 6 heteroatoms. The molecule has 2 aromatic carbocycles. The Morgan fingerprint density at radius 1 is 1.00 bits per heavy atom. The van der Waals surface area contributed by atoms with E-state index in [0.29, 0.717) is 28.6 Å². The van der Waals surface area contributed by atoms with Gasteiger partial charge in [-0.2, -0.15) is 0 Å². The maximum Gasteiger partial charge on any atom is 0.277 e. The molecule has 0 radical (unpaired) electrons. The summed E-state index contributed by atoms with van der Waals surface area (Å²) < 4.78 is 5.39. The van der Waals surface area contributed by atoms with Crippen LogP contribution in [-0.4, -0.2) is 18.4 Å². The Labute approximate surface area is 155 Å². The summed E-state index contributed by atoms with van der Waals surface area (Å²) >= 11 is 12.2. The normalized spacial score (nSPS) is 14.5. The van der Waals surface area contributed by atoms with Crippen molar-refractivity contribution in [3.05, 3.63) is 63.6 Å². The summed E-state index contributed by atoms with van der Waals surface area (Å²) in [4.78, 5) is 26.5. The lowest BCUT2D eigenvalue weighted by atomic mass is 10.1. The van der Waals surface area contributed by atoms with Gasteiger partial charge in [-0.25, -0.2) is 4.90 Å². The third kappa shape index (κ3) is 3.15. The Kier molecular flexibility index (Phi) is 4.84. The smallest absolute Gasteiger partial charge is 0.277 e. The molecule has 0 aliphatic carbocycles. The molecule has 25 heavy (non-hydrogen) atoms. The first-order valence-electron chi connectivity index (χ1n) is 7.72. The van der Waals surface area contributed by atoms with Crippen molar-refractivity contribution in [2.24, 2.45) is 0 Å². The molecule has 128 valence electrons. The van der Waals surface area contributed by atoms with Crippen molar-refractivity contribution in [3.63, 3.8) is 0 Å². The van der Waals surface area contributed by atoms with Gasteiger partial charge >= 0.3 is 0 Å². The molecule has 1 heterocycles. The number of imide groups is 1. The van der Waals surface area contributed by atoms with Crippen molar-refractivity contribution in [1.82, 2.24) is 0 Å². The van der Waals surface area contributed by atoms with Gasteiger partial charge in [0.1, 0.15) is 10.8 Å². The van der Waals surface area contributed by atoms with Crippen LogP contribution in [0.3, 0.4) is 0 Å². The van der Waals surface area contributed by atoms with Crippen molar-refractivity contribution in [1.29, 1.82) is 0 Å². The Morgan fingerprint density at radius 2 is 1.68 bits per heavy atom. The zero-order valence-corrected chi connectivity index (χ0v) is 15.2. The molecule has 0 unspecified atom stereocenters. The standard InChI is InChI=1S/C19H15Cl2NO3/c1-3-25-14-8-5-12(6-9-14)16-17(21)19(24)22(18(16)23)15-10-13(20)7-4-11(15)2/h4-10H,3H2,1-2H3. The van der Waals surface area contributed by atoms with E-state index in [0.717, 1.165) is 10.5 Å². The molecule has 0 fully saturated rings. The SMILES string of the molecule is CCOc1ccc(C2=C(Cl)C(=O)N(c3cc(Cl)ccc3C)C2=O)cc1. The summed E-state index contributed by atoms with van der Waals surface area (Å²) in [6.07, 6.45) is 0. The first-order valence-corrected chi connectivity index (χ1v) is 8.47. The molecule has 0 aromatic heterocycles. The fourth-order valence-corrected chi connectivity index (χ4v) is 3.12. The zero-order chi connectivity index (χ0) is 18.1. The van der Waals surface area contributed by atoms with Gasteiger partial charge in [-0.05, 0) is 49.2 Å². The quantitative estimate of drug-likeness (QED) is 0.735. The summed E-state index contributed by atoms with van der Waals surface area (Å²) in [5.74, 6) is -0.340. The number of amides is 2. The van der Waals surface area contributed by atoms with Gasteiger partial charge in [0.15, 0.2) is 0 Å². The third-order valence-electron chi connectivity index (χ3n) is 3.89. The Balaban J connectivity index is 2.01. The van der Waals surface area contributed by atoms with Crippen molar-refractivity contribution < 1.29 is 14.3 Å². The zero-order valence-electron chi connectivity index (χ0n) is 13.7. The average molecular weight is 376 g/mol. The predicted octanol–water partition coefficient (Wildman–Crippen LogP) is 4.57. The number of carbonyl (C=O) groups is 2. The number of hydrogen-bond donors (Lipinski definition) is 0. The van der Waals surface area contributed by atoms with Gasteiger partial charge in [0, 0.05) is 5.02 Å². The largest absolute Gasteiger partial charge is 0.494 e. The molecule has 1 aliphatic heterocycles. The number of benzene rings is 2. The molecule has 0 N–H and O–H groups in total. The second-order valence-electron chi connectivity index (χ2n) is 5.52. The highest BCUT2D eigenvalue weighted by Crippen LogP contribution is 2.37. The summed E-state index contributed by atoms with van der Waals surface area (Å²) in [5, 5.41) is 0.334. The molecule has 4 nitrogen and oxygen atoms in total. The number of ether oxygens (including phenoxy) is 1. The molecule has 1 aliphatic rings. The van der Waals surface area contributed by atoms with Crippen LogP contribution >= 0.6 is 23.2 Å². The second kappa shape index (κ2) is 6.90. The van der Waals surface area contributed by atoms with Gasteiger partial charge in [-0.3, -0.25) is 9.59 Å². The predicted molar refractivity (Wildman–Crippen MR) is 99.1 cm³/mol. The number of rotatable bonds is 4. The lowest BCUT2D eigenvalue weighted by molar-refractivity contribution is -0.119. The van der Waals surface area contributed by atoms with Crippen LogP contribution in [0.5, 0.6) is 5.75 Å². The van der Waals surface area contributed by atoms with E-state index >= 15 is 0 Å². The minimum atomic E-state index is -0.555. The van der Waals surface area contributed by atoms with E-state index in [1.165, 1.54) is 0 Å². The summed E-state index contributed by atoms with van der Waals surface area (Å²) in [7, 11) is 0. The molecular weight excluding hydrogens is 361 g/mol. The highest BCUT2D eigenvalue weighted by atomic mass is 35.5. The minimum Gasteiger partial charge on any atom is -0.494 e. The van der Waals surface area contributed by atoms with Crippen molar-refractivity contribution in [3.8, 4) is 5.75 Å². The first-order chi connectivity index (χ1) is 11.9. The summed E-state index contributed by atoms with van der Waals surface area (Å²) in [6.45, 7) is 4.23. The minimum absolute atomic E-state index is 0.103. The van der Waals surface area contributed by atoms with Crippen LogP contribution in [0.4, 0.5) is 5.69 Å². The fraction of sp³-hybridized carbons (Fsp3) is 0.158. The van der Waals surface area contributed by atoms with E-state index in [-0.39, 0.29) is 10.6 Å². The number of carbonyl (C=O) groups excluding carboxylic acids is 2. The van der Waals surface area contributed by atoms with Crippen LogP contribution in [0.25, 0.3) is 5.57 Å². The van der Waals surface area contributed by atoms with Gasteiger partial charge in [0.05, 0.1) is 17.9 Å². The lowest BCUT2D eigenvalue weighted by Gasteiger charge is -2.17. The second-order valence-corrected chi connectivity index (χ2v) is 6.34. The topological polar surface area (TPSA) is 46.6 Å². The molecule has 0 saturated carbocycles. The van der Waals surface area contributed by atoms with Crippen LogP contribution in [0.2, 0.25) is 5.02 Å². The van der Waals surface area contributed by atoms with E-state index in [1.807, 2.05) is 6.92 Å². The van der Waals surface area contributed by atoms with Gasteiger partial charge in [0.2, 0.25) is 0 Å². The maximum atomic E-state index is 12.9. The van der Waals surface area contributed by atoms with E-state index in [1.54, 1.807) is 49.4 Å². The number of anilines is 1. The van der Waals surface area contributed by atoms with Crippen molar-refractivity contribution in [2.45, 2.75) is 13.8 Å². The molecule has 0 atom stereocenters. The molecule has 2 aromatic rings. The lowest BCUT2D eigenvalue weighted by Crippen LogP contribution is -2.31. The highest BCUT2D eigenvalue weighted by Gasteiger charge is 2.39. The average Bonchev–Trinajstić information content (AvgIpc) is 2.81. The molecule has 0 bridgehead atoms. The van der Waals surface area contributed by atoms with Crippen LogP contribution in [0, 0.1) is 6.92 Å². The third-order valence-corrected chi connectivity index (χ3v) is 4.48. The van der Waals surface area contributed by atoms with E-state index in [4.69, 9.17) is 27.9 Å². The van der Waals surface area contributed by atoms with Crippen LogP contribution in [0.15, 0.2) is 47.5 Å². The Bertz CT molecular complexity index is 888. The molecule has 2 amide bonds. The number of halogens is 2. The van der Waals surface area contributed by atoms with E-state index < -0.39 is 11.8 Å². The van der Waals surface area contributed by atoms with E-state index in [9.17, 15) is 9.59 Å². The monoisotopic (exact) mass is 375 g/mol. The molecule has 3 rings (SSSR count). The van der Waals surface area contributed by atoms with Crippen molar-refractivity contribution in [2.75, 3.05) is 11.5 Å².